The number of aliphatic hydroxyl groups is 1. The highest BCUT2D eigenvalue weighted by Gasteiger charge is 2.28. The minimum absolute atomic E-state index is 0.248. The van der Waals surface area contributed by atoms with Crippen LogP contribution < -0.4 is 0 Å². The van der Waals surface area contributed by atoms with Crippen molar-refractivity contribution in [1.82, 2.24) is 0 Å². The molecule has 2 rings (SSSR count). The third-order valence-electron chi connectivity index (χ3n) is 3.24. The van der Waals surface area contributed by atoms with Crippen molar-refractivity contribution in [2.45, 2.75) is 20.0 Å². The number of carbonyl (C=O) groups is 1. The normalized spacial score (nSPS) is 17.0. The molecule has 23 heavy (non-hydrogen) atoms. The maximum Gasteiger partial charge on any atom is 0.177 e. The summed E-state index contributed by atoms with van der Waals surface area (Å²) in [6, 6.07) is 8.66. The Morgan fingerprint density at radius 2 is 1.87 bits per heavy atom. The largest absolute Gasteiger partial charge is 0.382 e. The van der Waals surface area contributed by atoms with Gasteiger partial charge in [0, 0.05) is 13.2 Å². The maximum absolute atomic E-state index is 12.1. The summed E-state index contributed by atoms with van der Waals surface area (Å²) >= 11 is 0. The van der Waals surface area contributed by atoms with E-state index in [1.165, 1.54) is 6.08 Å². The molecule has 1 aliphatic carbocycles. The molecule has 0 radical (unpaired) electrons. The van der Waals surface area contributed by atoms with Gasteiger partial charge in [0.25, 0.3) is 0 Å². The molecule has 0 saturated heterocycles. The Morgan fingerprint density at radius 1 is 1.22 bits per heavy atom. The molecule has 0 spiro atoms. The van der Waals surface area contributed by atoms with Gasteiger partial charge in [-0.3, -0.25) is 4.79 Å². The van der Waals surface area contributed by atoms with Crippen molar-refractivity contribution in [1.29, 1.82) is 0 Å². The topological polar surface area (TPSA) is 63.6 Å². The van der Waals surface area contributed by atoms with Crippen LogP contribution in [0.1, 0.15) is 25.5 Å². The number of allylic oxidation sites excluding steroid dienone is 5. The number of carbonyl (C=O) groups excluding carboxylic acids is 2. The first-order valence-corrected chi connectivity index (χ1v) is 7.60. The molecule has 0 saturated carbocycles. The van der Waals surface area contributed by atoms with Crippen molar-refractivity contribution in [3.63, 3.8) is 0 Å². The van der Waals surface area contributed by atoms with Crippen LogP contribution in [-0.4, -0.2) is 30.0 Å². The van der Waals surface area contributed by atoms with Gasteiger partial charge in [-0.15, -0.1) is 0 Å². The van der Waals surface area contributed by atoms with Crippen molar-refractivity contribution < 1.29 is 19.4 Å². The molecule has 1 aromatic carbocycles. The zero-order valence-electron chi connectivity index (χ0n) is 13.4. The van der Waals surface area contributed by atoms with E-state index in [1.54, 1.807) is 54.5 Å². The van der Waals surface area contributed by atoms with Crippen molar-refractivity contribution in [2.75, 3.05) is 13.2 Å². The number of rotatable bonds is 5. The Morgan fingerprint density at radius 3 is 2.39 bits per heavy atom. The lowest BCUT2D eigenvalue weighted by molar-refractivity contribution is -0.129. The SMILES string of the molecule is CCOCC.O=C=C1C=CC=CC1C(=O)C(O)c1ccccc1. The molecule has 1 aromatic rings. The maximum atomic E-state index is 12.1. The first kappa shape index (κ1) is 18.8. The van der Waals surface area contributed by atoms with E-state index in [0.717, 1.165) is 13.2 Å². The van der Waals surface area contributed by atoms with E-state index in [1.807, 2.05) is 13.8 Å². The highest BCUT2D eigenvalue weighted by atomic mass is 16.5. The van der Waals surface area contributed by atoms with E-state index in [-0.39, 0.29) is 5.57 Å². The van der Waals surface area contributed by atoms with Crippen LogP contribution in [0.4, 0.5) is 0 Å². The molecule has 0 amide bonds. The summed E-state index contributed by atoms with van der Waals surface area (Å²) in [6.45, 7) is 5.67. The quantitative estimate of drug-likeness (QED) is 0.849. The van der Waals surface area contributed by atoms with Crippen molar-refractivity contribution in [3.05, 3.63) is 65.8 Å². The molecule has 4 nitrogen and oxygen atoms in total. The summed E-state index contributed by atoms with van der Waals surface area (Å²) in [4.78, 5) is 22.9. The lowest BCUT2D eigenvalue weighted by atomic mass is 9.87. The van der Waals surface area contributed by atoms with Gasteiger partial charge in [0.2, 0.25) is 0 Å². The number of ether oxygens (including phenoxy) is 1. The number of ketones is 1. The predicted molar refractivity (Wildman–Crippen MR) is 89.6 cm³/mol. The molecule has 2 unspecified atom stereocenters. The zero-order chi connectivity index (χ0) is 17.1. The van der Waals surface area contributed by atoms with Gasteiger partial charge in [-0.1, -0.05) is 48.6 Å². The van der Waals surface area contributed by atoms with E-state index >= 15 is 0 Å². The van der Waals surface area contributed by atoms with Crippen LogP contribution >= 0.6 is 0 Å². The fourth-order valence-electron chi connectivity index (χ4n) is 2.06. The summed E-state index contributed by atoms with van der Waals surface area (Å²) < 4.78 is 4.83. The van der Waals surface area contributed by atoms with Gasteiger partial charge in [-0.2, -0.15) is 0 Å². The molecule has 0 fully saturated rings. The molecule has 1 N–H and O–H groups in total. The standard InChI is InChI=1S/C15H12O3.C4H10O/c16-10-12-8-4-5-9-13(12)15(18)14(17)11-6-2-1-3-7-11;1-3-5-4-2/h1-9,13-14,17H;3-4H2,1-2H3. The molecular formula is C19H22O4. The average molecular weight is 314 g/mol. The van der Waals surface area contributed by atoms with Gasteiger partial charge < -0.3 is 9.84 Å². The first-order valence-electron chi connectivity index (χ1n) is 7.60. The van der Waals surface area contributed by atoms with Crippen LogP contribution in [0.5, 0.6) is 0 Å². The second kappa shape index (κ2) is 10.5. The number of aliphatic hydroxyl groups excluding tert-OH is 1. The molecule has 122 valence electrons. The third kappa shape index (κ3) is 5.80. The zero-order valence-corrected chi connectivity index (χ0v) is 13.4. The minimum Gasteiger partial charge on any atom is -0.382 e. The predicted octanol–water partition coefficient (Wildman–Crippen LogP) is 2.83. The Bertz CT molecular complexity index is 593. The van der Waals surface area contributed by atoms with Crippen molar-refractivity contribution in [3.8, 4) is 0 Å². The number of hydrogen-bond acceptors (Lipinski definition) is 4. The highest BCUT2D eigenvalue weighted by molar-refractivity contribution is 5.93. The molecule has 1 aliphatic rings. The van der Waals surface area contributed by atoms with Gasteiger partial charge in [-0.05, 0) is 25.5 Å². The Hall–Kier alpha value is -2.26. The van der Waals surface area contributed by atoms with Crippen LogP contribution in [-0.2, 0) is 14.3 Å². The van der Waals surface area contributed by atoms with Crippen LogP contribution in [0.3, 0.4) is 0 Å². The van der Waals surface area contributed by atoms with E-state index < -0.39 is 17.8 Å². The Kier molecular flexibility index (Phi) is 8.55. The molecule has 0 aromatic heterocycles. The highest BCUT2D eigenvalue weighted by Crippen LogP contribution is 2.24. The van der Waals surface area contributed by atoms with Gasteiger partial charge in [0.05, 0.1) is 11.5 Å². The molecule has 0 heterocycles. The van der Waals surface area contributed by atoms with Crippen molar-refractivity contribution >= 4 is 11.7 Å². The van der Waals surface area contributed by atoms with Crippen LogP contribution in [0.25, 0.3) is 0 Å². The van der Waals surface area contributed by atoms with E-state index in [2.05, 4.69) is 0 Å². The molecule has 2 atom stereocenters. The summed E-state index contributed by atoms with van der Waals surface area (Å²) in [7, 11) is 0. The van der Waals surface area contributed by atoms with Gasteiger partial charge >= 0.3 is 0 Å². The van der Waals surface area contributed by atoms with Crippen LogP contribution in [0.2, 0.25) is 0 Å². The molecule has 0 bridgehead atoms. The van der Waals surface area contributed by atoms with Gasteiger partial charge in [0.1, 0.15) is 12.0 Å². The molecule has 4 heteroatoms. The molecule has 0 aliphatic heterocycles. The fraction of sp³-hybridized carbons (Fsp3) is 0.316. The summed E-state index contributed by atoms with van der Waals surface area (Å²) in [5.41, 5.74) is 0.771. The van der Waals surface area contributed by atoms with Crippen LogP contribution in [0, 0.1) is 5.92 Å². The number of Topliss-reactive ketones (excluding diaryl/α,β-unsaturated/α-hetero) is 1. The minimum atomic E-state index is -1.23. The lowest BCUT2D eigenvalue weighted by Crippen LogP contribution is -2.23. The second-order valence-electron chi connectivity index (χ2n) is 4.78. The Labute approximate surface area is 136 Å². The summed E-state index contributed by atoms with van der Waals surface area (Å²) in [6.07, 6.45) is 5.25. The van der Waals surface area contributed by atoms with Gasteiger partial charge in [-0.25, -0.2) is 4.79 Å². The van der Waals surface area contributed by atoms with E-state index in [0.29, 0.717) is 5.56 Å². The van der Waals surface area contributed by atoms with Gasteiger partial charge in [0.15, 0.2) is 5.78 Å². The van der Waals surface area contributed by atoms with E-state index in [4.69, 9.17) is 4.74 Å². The Balaban J connectivity index is 0.000000463. The van der Waals surface area contributed by atoms with Crippen molar-refractivity contribution in [2.24, 2.45) is 5.92 Å². The first-order chi connectivity index (χ1) is 11.2. The smallest absolute Gasteiger partial charge is 0.177 e. The average Bonchev–Trinajstić information content (AvgIpc) is 2.62. The monoisotopic (exact) mass is 314 g/mol. The number of benzene rings is 1. The lowest BCUT2D eigenvalue weighted by Gasteiger charge is -2.17. The second-order valence-corrected chi connectivity index (χ2v) is 4.78. The van der Waals surface area contributed by atoms with Crippen LogP contribution in [0.15, 0.2) is 60.2 Å². The third-order valence-corrected chi connectivity index (χ3v) is 3.24. The summed E-state index contributed by atoms with van der Waals surface area (Å²) in [5.74, 6) is 0.602. The summed E-state index contributed by atoms with van der Waals surface area (Å²) in [5, 5.41) is 10.0. The fourth-order valence-corrected chi connectivity index (χ4v) is 2.06. The molecular weight excluding hydrogens is 292 g/mol. The van der Waals surface area contributed by atoms with E-state index in [9.17, 15) is 14.7 Å². The number of hydrogen-bond donors (Lipinski definition) is 1.